The highest BCUT2D eigenvalue weighted by Crippen LogP contribution is 2.35. The molecule has 0 spiro atoms. The Hall–Kier alpha value is -2.47. The van der Waals surface area contributed by atoms with E-state index in [0.717, 1.165) is 25.2 Å². The van der Waals surface area contributed by atoms with Crippen molar-refractivity contribution in [2.75, 3.05) is 32.7 Å². The van der Waals surface area contributed by atoms with Crippen LogP contribution in [-0.4, -0.2) is 50.3 Å². The Morgan fingerprint density at radius 2 is 1.16 bits per heavy atom. The first-order valence-corrected chi connectivity index (χ1v) is 13.0. The summed E-state index contributed by atoms with van der Waals surface area (Å²) in [5, 5.41) is 0. The fourth-order valence-electron chi connectivity index (χ4n) is 5.33. The Balaban J connectivity index is 1.25. The topological polar surface area (TPSA) is 40.6 Å². The molecule has 0 aromatic heterocycles. The third-order valence-electron chi connectivity index (χ3n) is 6.96. The van der Waals surface area contributed by atoms with Crippen LogP contribution in [0, 0.1) is 11.8 Å². The lowest BCUT2D eigenvalue weighted by Crippen LogP contribution is -2.35. The number of nitrogens with zero attached hydrogens (tertiary/aromatic N) is 2. The second-order valence-corrected chi connectivity index (χ2v) is 11.1. The molecule has 2 saturated heterocycles. The first kappa shape index (κ1) is 21.4. The van der Waals surface area contributed by atoms with Crippen molar-refractivity contribution in [3.63, 3.8) is 0 Å². The quantitative estimate of drug-likeness (QED) is 0.546. The molecule has 2 aliphatic rings. The summed E-state index contributed by atoms with van der Waals surface area (Å²) in [6, 6.07) is 30.9. The summed E-state index contributed by atoms with van der Waals surface area (Å²) >= 11 is 0. The number of sulfonamides is 1. The van der Waals surface area contributed by atoms with Crippen LogP contribution in [0.5, 0.6) is 0 Å². The summed E-state index contributed by atoms with van der Waals surface area (Å²) in [7, 11) is -3.27. The van der Waals surface area contributed by atoms with Gasteiger partial charge in [0.2, 0.25) is 10.0 Å². The molecule has 5 heteroatoms. The molecule has 0 unspecified atom stereocenters. The van der Waals surface area contributed by atoms with Crippen LogP contribution in [0.3, 0.4) is 0 Å². The van der Waals surface area contributed by atoms with Crippen LogP contribution in [0.1, 0.15) is 22.6 Å². The van der Waals surface area contributed by atoms with Crippen LogP contribution in [0.15, 0.2) is 91.0 Å². The normalized spacial score (nSPS) is 21.8. The molecule has 2 fully saturated rings. The van der Waals surface area contributed by atoms with Crippen molar-refractivity contribution < 1.29 is 8.42 Å². The van der Waals surface area contributed by atoms with E-state index in [0.29, 0.717) is 30.8 Å². The smallest absolute Gasteiger partial charge is 0.218 e. The summed E-state index contributed by atoms with van der Waals surface area (Å²) in [4.78, 5) is 2.54. The molecule has 2 atom stereocenters. The predicted octanol–water partition coefficient (Wildman–Crippen LogP) is 4.21. The molecule has 0 N–H and O–H groups in total. The van der Waals surface area contributed by atoms with Gasteiger partial charge < -0.3 is 4.90 Å². The van der Waals surface area contributed by atoms with E-state index in [1.54, 1.807) is 4.31 Å². The molecule has 3 aromatic rings. The van der Waals surface area contributed by atoms with Gasteiger partial charge in [-0.2, -0.15) is 0 Å². The first-order chi connectivity index (χ1) is 15.6. The van der Waals surface area contributed by atoms with Gasteiger partial charge in [-0.25, -0.2) is 12.7 Å². The highest BCUT2D eigenvalue weighted by Gasteiger charge is 2.44. The van der Waals surface area contributed by atoms with E-state index >= 15 is 0 Å². The molecule has 3 aromatic carbocycles. The van der Waals surface area contributed by atoms with Gasteiger partial charge in [-0.05, 0) is 28.5 Å². The van der Waals surface area contributed by atoms with E-state index < -0.39 is 10.0 Å². The number of rotatable bonds is 7. The average Bonchev–Trinajstić information content (AvgIpc) is 3.39. The van der Waals surface area contributed by atoms with Crippen molar-refractivity contribution in [3.8, 4) is 0 Å². The molecule has 2 aliphatic heterocycles. The fraction of sp³-hybridized carbons (Fsp3) is 0.333. The predicted molar refractivity (Wildman–Crippen MR) is 129 cm³/mol. The zero-order valence-corrected chi connectivity index (χ0v) is 19.1. The van der Waals surface area contributed by atoms with Gasteiger partial charge in [0.1, 0.15) is 0 Å². The molecule has 32 heavy (non-hydrogen) atoms. The van der Waals surface area contributed by atoms with Crippen molar-refractivity contribution in [1.82, 2.24) is 9.21 Å². The second-order valence-electron chi connectivity index (χ2n) is 9.17. The molecular formula is C27H30N2O2S. The number of benzene rings is 3. The molecular weight excluding hydrogens is 416 g/mol. The second kappa shape index (κ2) is 9.18. The van der Waals surface area contributed by atoms with Crippen LogP contribution >= 0.6 is 0 Å². The van der Waals surface area contributed by atoms with Crippen LogP contribution in [0.25, 0.3) is 0 Å². The van der Waals surface area contributed by atoms with Gasteiger partial charge in [-0.1, -0.05) is 91.0 Å². The van der Waals surface area contributed by atoms with Crippen molar-refractivity contribution in [2.45, 2.75) is 11.7 Å². The maximum atomic E-state index is 13.0. The standard InChI is InChI=1S/C27H30N2O2S/c30-32(31,21-22-10-4-1-5-11-22)29-18-25-16-28(17-26(25)19-29)20-27(23-12-6-2-7-13-23)24-14-8-3-9-15-24/h1-15,25-27H,16-21H2/t25-,26-/m0/s1. The molecule has 166 valence electrons. The fourth-order valence-corrected chi connectivity index (χ4v) is 6.97. The van der Waals surface area contributed by atoms with Crippen molar-refractivity contribution in [1.29, 1.82) is 0 Å². The van der Waals surface area contributed by atoms with Crippen LogP contribution in [0.2, 0.25) is 0 Å². The lowest BCUT2D eigenvalue weighted by atomic mass is 9.91. The zero-order chi connectivity index (χ0) is 22.0. The van der Waals surface area contributed by atoms with Crippen LogP contribution in [0.4, 0.5) is 0 Å². The molecule has 0 aliphatic carbocycles. The van der Waals surface area contributed by atoms with E-state index in [1.165, 1.54) is 11.1 Å². The van der Waals surface area contributed by atoms with Gasteiger partial charge >= 0.3 is 0 Å². The summed E-state index contributed by atoms with van der Waals surface area (Å²) in [6.07, 6.45) is 0. The van der Waals surface area contributed by atoms with Crippen LogP contribution in [-0.2, 0) is 15.8 Å². The highest BCUT2D eigenvalue weighted by atomic mass is 32.2. The third-order valence-corrected chi connectivity index (χ3v) is 8.74. The van der Waals surface area contributed by atoms with E-state index in [1.807, 2.05) is 30.3 Å². The molecule has 0 radical (unpaired) electrons. The minimum absolute atomic E-state index is 0.0983. The summed E-state index contributed by atoms with van der Waals surface area (Å²) in [6.45, 7) is 4.21. The van der Waals surface area contributed by atoms with E-state index in [9.17, 15) is 8.42 Å². The Labute approximate surface area is 191 Å². The SMILES string of the molecule is O=S(=O)(Cc1ccccc1)N1C[C@@H]2CN(CC(c3ccccc3)c3ccccc3)C[C@H]2C1. The van der Waals surface area contributed by atoms with Crippen molar-refractivity contribution in [2.24, 2.45) is 11.8 Å². The van der Waals surface area contributed by atoms with Gasteiger partial charge in [0.05, 0.1) is 5.75 Å². The molecule has 0 amide bonds. The summed E-state index contributed by atoms with van der Waals surface area (Å²) < 4.78 is 27.7. The van der Waals surface area contributed by atoms with Gasteiger partial charge in [0.15, 0.2) is 0 Å². The lowest BCUT2D eigenvalue weighted by molar-refractivity contribution is 0.288. The molecule has 4 nitrogen and oxygen atoms in total. The average molecular weight is 447 g/mol. The van der Waals surface area contributed by atoms with Gasteiger partial charge in [-0.15, -0.1) is 0 Å². The molecule has 0 bridgehead atoms. The summed E-state index contributed by atoms with van der Waals surface area (Å²) in [5.74, 6) is 1.27. The molecule has 2 heterocycles. The molecule has 0 saturated carbocycles. The Kier molecular flexibility index (Phi) is 6.13. The molecule has 5 rings (SSSR count). The highest BCUT2D eigenvalue weighted by molar-refractivity contribution is 7.88. The maximum Gasteiger partial charge on any atom is 0.218 e. The van der Waals surface area contributed by atoms with Gasteiger partial charge in [0.25, 0.3) is 0 Å². The van der Waals surface area contributed by atoms with E-state index in [2.05, 4.69) is 65.6 Å². The first-order valence-electron chi connectivity index (χ1n) is 11.4. The van der Waals surface area contributed by atoms with Gasteiger partial charge in [0, 0.05) is 38.6 Å². The minimum Gasteiger partial charge on any atom is -0.302 e. The number of hydrogen-bond acceptors (Lipinski definition) is 3. The Morgan fingerprint density at radius 1 is 0.688 bits per heavy atom. The van der Waals surface area contributed by atoms with Crippen molar-refractivity contribution >= 4 is 10.0 Å². The zero-order valence-electron chi connectivity index (χ0n) is 18.3. The number of fused-ring (bicyclic) bond motifs is 1. The monoisotopic (exact) mass is 446 g/mol. The van der Waals surface area contributed by atoms with Gasteiger partial charge in [-0.3, -0.25) is 0 Å². The van der Waals surface area contributed by atoms with E-state index in [4.69, 9.17) is 0 Å². The largest absolute Gasteiger partial charge is 0.302 e. The van der Waals surface area contributed by atoms with Crippen LogP contribution < -0.4 is 0 Å². The third kappa shape index (κ3) is 4.65. The number of likely N-dealkylation sites (tertiary alicyclic amines) is 1. The minimum atomic E-state index is -3.27. The number of hydrogen-bond donors (Lipinski definition) is 0. The Bertz CT molecular complexity index is 1070. The Morgan fingerprint density at radius 3 is 1.66 bits per heavy atom. The summed E-state index contributed by atoms with van der Waals surface area (Å²) in [5.41, 5.74) is 3.53. The lowest BCUT2D eigenvalue weighted by Gasteiger charge is -2.26. The van der Waals surface area contributed by atoms with E-state index in [-0.39, 0.29) is 5.75 Å². The maximum absolute atomic E-state index is 13.0. The van der Waals surface area contributed by atoms with Crippen molar-refractivity contribution in [3.05, 3.63) is 108 Å².